The van der Waals surface area contributed by atoms with Crippen LogP contribution >= 0.6 is 11.8 Å². The standard InChI is InChI=1S/C15H24S/c1-8-3-9-7-13(8)15-11-4-10(14(9)15)5-12(6-11)16-2/h8-15H,3-7H2,1-2H3. The van der Waals surface area contributed by atoms with Gasteiger partial charge in [0.25, 0.3) is 0 Å². The van der Waals surface area contributed by atoms with Crippen LogP contribution in [0.15, 0.2) is 0 Å². The van der Waals surface area contributed by atoms with Crippen LogP contribution in [0.1, 0.15) is 39.0 Å². The van der Waals surface area contributed by atoms with Crippen LogP contribution in [0, 0.1) is 41.4 Å². The lowest BCUT2D eigenvalue weighted by Gasteiger charge is -2.33. The van der Waals surface area contributed by atoms with Crippen LogP contribution in [-0.4, -0.2) is 11.5 Å². The molecule has 0 nitrogen and oxygen atoms in total. The molecule has 16 heavy (non-hydrogen) atoms. The fourth-order valence-electron chi connectivity index (χ4n) is 6.32. The highest BCUT2D eigenvalue weighted by Gasteiger charge is 2.60. The molecular weight excluding hydrogens is 212 g/mol. The van der Waals surface area contributed by atoms with E-state index in [9.17, 15) is 0 Å². The predicted octanol–water partition coefficient (Wildman–Crippen LogP) is 4.06. The summed E-state index contributed by atoms with van der Waals surface area (Å²) in [5.74, 6) is 8.01. The van der Waals surface area contributed by atoms with Crippen LogP contribution in [0.2, 0.25) is 0 Å². The summed E-state index contributed by atoms with van der Waals surface area (Å²) in [6.07, 6.45) is 10.3. The predicted molar refractivity (Wildman–Crippen MR) is 70.5 cm³/mol. The Morgan fingerprint density at radius 1 is 0.812 bits per heavy atom. The van der Waals surface area contributed by atoms with Gasteiger partial charge in [0.1, 0.15) is 0 Å². The van der Waals surface area contributed by atoms with Crippen LogP contribution in [0.4, 0.5) is 0 Å². The van der Waals surface area contributed by atoms with E-state index in [-0.39, 0.29) is 0 Å². The van der Waals surface area contributed by atoms with Gasteiger partial charge in [0.05, 0.1) is 0 Å². The number of fused-ring (bicyclic) bond motifs is 9. The Hall–Kier alpha value is 0.350. The molecule has 0 saturated heterocycles. The Morgan fingerprint density at radius 3 is 2.25 bits per heavy atom. The maximum Gasteiger partial charge on any atom is 0.00497 e. The molecule has 0 heterocycles. The van der Waals surface area contributed by atoms with Gasteiger partial charge in [-0.25, -0.2) is 0 Å². The van der Waals surface area contributed by atoms with Crippen molar-refractivity contribution in [2.45, 2.75) is 44.3 Å². The molecule has 0 N–H and O–H groups in total. The molecule has 4 saturated carbocycles. The third kappa shape index (κ3) is 1.19. The summed E-state index contributed by atoms with van der Waals surface area (Å²) in [6.45, 7) is 2.54. The second kappa shape index (κ2) is 3.43. The van der Waals surface area contributed by atoms with Crippen LogP contribution < -0.4 is 0 Å². The average Bonchev–Trinajstić information content (AvgIpc) is 2.90. The minimum atomic E-state index is 1.02. The topological polar surface area (TPSA) is 0 Å². The van der Waals surface area contributed by atoms with Gasteiger partial charge in [-0.05, 0) is 79.8 Å². The van der Waals surface area contributed by atoms with E-state index in [0.717, 1.165) is 34.8 Å². The molecule has 0 aromatic rings. The third-order valence-electron chi connectivity index (χ3n) is 6.62. The van der Waals surface area contributed by atoms with Crippen molar-refractivity contribution in [3.05, 3.63) is 0 Å². The van der Waals surface area contributed by atoms with Crippen LogP contribution in [-0.2, 0) is 0 Å². The zero-order valence-corrected chi connectivity index (χ0v) is 11.4. The molecule has 8 atom stereocenters. The van der Waals surface area contributed by atoms with Crippen molar-refractivity contribution in [2.75, 3.05) is 6.26 Å². The monoisotopic (exact) mass is 236 g/mol. The summed E-state index contributed by atoms with van der Waals surface area (Å²) < 4.78 is 0. The van der Waals surface area contributed by atoms with Gasteiger partial charge in [0.15, 0.2) is 0 Å². The number of hydrogen-bond acceptors (Lipinski definition) is 1. The van der Waals surface area contributed by atoms with Crippen molar-refractivity contribution in [3.8, 4) is 0 Å². The first kappa shape index (κ1) is 10.3. The van der Waals surface area contributed by atoms with Gasteiger partial charge in [-0.1, -0.05) is 6.92 Å². The van der Waals surface area contributed by atoms with Crippen LogP contribution in [0.25, 0.3) is 0 Å². The summed E-state index contributed by atoms with van der Waals surface area (Å²) in [5, 5.41) is 1.02. The lowest BCUT2D eigenvalue weighted by Crippen LogP contribution is -2.27. The maximum absolute atomic E-state index is 2.54. The highest BCUT2D eigenvalue weighted by atomic mass is 32.2. The number of thioether (sulfide) groups is 1. The Labute approximate surface area is 104 Å². The molecule has 8 unspecified atom stereocenters. The average molecular weight is 236 g/mol. The second-order valence-corrected chi connectivity index (χ2v) is 8.25. The van der Waals surface area contributed by atoms with Gasteiger partial charge in [-0.2, -0.15) is 11.8 Å². The Kier molecular flexibility index (Phi) is 2.21. The molecule has 4 aliphatic rings. The summed E-state index contributed by atoms with van der Waals surface area (Å²) in [4.78, 5) is 0. The first-order valence-electron chi connectivity index (χ1n) is 7.30. The lowest BCUT2D eigenvalue weighted by atomic mass is 9.72. The van der Waals surface area contributed by atoms with Crippen molar-refractivity contribution in [1.29, 1.82) is 0 Å². The summed E-state index contributed by atoms with van der Waals surface area (Å²) >= 11 is 2.16. The SMILES string of the molecule is CSC1CC2CC(C1)C1C3CC(CC3C)C21. The van der Waals surface area contributed by atoms with Gasteiger partial charge in [0, 0.05) is 5.25 Å². The van der Waals surface area contributed by atoms with Crippen LogP contribution in [0.5, 0.6) is 0 Å². The molecule has 4 rings (SSSR count). The molecule has 90 valence electrons. The van der Waals surface area contributed by atoms with E-state index in [1.807, 2.05) is 0 Å². The Balaban J connectivity index is 1.64. The number of rotatable bonds is 1. The summed E-state index contributed by atoms with van der Waals surface area (Å²) in [7, 11) is 0. The molecule has 4 fully saturated rings. The molecule has 0 aromatic heterocycles. The minimum Gasteiger partial charge on any atom is -0.162 e. The van der Waals surface area contributed by atoms with Gasteiger partial charge in [0.2, 0.25) is 0 Å². The van der Waals surface area contributed by atoms with Gasteiger partial charge in [-0.15, -0.1) is 0 Å². The van der Waals surface area contributed by atoms with Gasteiger partial charge < -0.3 is 0 Å². The molecule has 0 aliphatic heterocycles. The van der Waals surface area contributed by atoms with E-state index < -0.39 is 0 Å². The van der Waals surface area contributed by atoms with E-state index in [0.29, 0.717) is 0 Å². The first-order chi connectivity index (χ1) is 7.78. The van der Waals surface area contributed by atoms with Gasteiger partial charge in [-0.3, -0.25) is 0 Å². The summed E-state index contributed by atoms with van der Waals surface area (Å²) in [5.41, 5.74) is 0. The lowest BCUT2D eigenvalue weighted by molar-refractivity contribution is 0.154. The van der Waals surface area contributed by atoms with Crippen molar-refractivity contribution in [1.82, 2.24) is 0 Å². The van der Waals surface area contributed by atoms with Crippen molar-refractivity contribution >= 4 is 11.8 Å². The quantitative estimate of drug-likeness (QED) is 0.619. The Bertz CT molecular complexity index is 300. The largest absolute Gasteiger partial charge is 0.162 e. The molecule has 4 bridgehead atoms. The second-order valence-electron chi connectivity index (χ2n) is 7.11. The van der Waals surface area contributed by atoms with Crippen molar-refractivity contribution in [3.63, 3.8) is 0 Å². The van der Waals surface area contributed by atoms with E-state index in [2.05, 4.69) is 24.9 Å². The van der Waals surface area contributed by atoms with E-state index in [1.54, 1.807) is 32.1 Å². The molecule has 0 aromatic carbocycles. The zero-order chi connectivity index (χ0) is 10.9. The molecule has 1 heteroatoms. The summed E-state index contributed by atoms with van der Waals surface area (Å²) in [6, 6.07) is 0. The fourth-order valence-corrected chi connectivity index (χ4v) is 7.20. The van der Waals surface area contributed by atoms with E-state index in [1.165, 1.54) is 11.8 Å². The third-order valence-corrected chi connectivity index (χ3v) is 7.67. The molecule has 4 aliphatic carbocycles. The molecule has 0 spiro atoms. The maximum atomic E-state index is 2.54. The normalized spacial score (nSPS) is 62.6. The minimum absolute atomic E-state index is 1.02. The van der Waals surface area contributed by atoms with E-state index >= 15 is 0 Å². The van der Waals surface area contributed by atoms with Gasteiger partial charge >= 0.3 is 0 Å². The molecule has 0 amide bonds. The Morgan fingerprint density at radius 2 is 1.50 bits per heavy atom. The highest BCUT2D eigenvalue weighted by molar-refractivity contribution is 7.99. The van der Waals surface area contributed by atoms with Crippen molar-refractivity contribution < 1.29 is 0 Å². The fraction of sp³-hybridized carbons (Fsp3) is 1.00. The smallest absolute Gasteiger partial charge is 0.00497 e. The van der Waals surface area contributed by atoms with E-state index in [4.69, 9.17) is 0 Å². The van der Waals surface area contributed by atoms with Crippen LogP contribution in [0.3, 0.4) is 0 Å². The number of hydrogen-bond donors (Lipinski definition) is 0. The molecule has 0 radical (unpaired) electrons. The first-order valence-corrected chi connectivity index (χ1v) is 8.59. The highest BCUT2D eigenvalue weighted by Crippen LogP contribution is 2.67. The van der Waals surface area contributed by atoms with Crippen molar-refractivity contribution in [2.24, 2.45) is 41.4 Å². The zero-order valence-electron chi connectivity index (χ0n) is 10.6. The molecular formula is C15H24S.